The van der Waals surface area contributed by atoms with Gasteiger partial charge in [0, 0.05) is 11.8 Å². The van der Waals surface area contributed by atoms with Crippen LogP contribution in [-0.4, -0.2) is 24.5 Å². The van der Waals surface area contributed by atoms with Crippen molar-refractivity contribution in [1.29, 1.82) is 0 Å². The summed E-state index contributed by atoms with van der Waals surface area (Å²) in [6.07, 6.45) is 5.90. The minimum Gasteiger partial charge on any atom is -0.464 e. The molecule has 2 rings (SSSR count). The number of carbonyl (C=O) groups is 2. The predicted octanol–water partition coefficient (Wildman–Crippen LogP) is 2.02. The Bertz CT molecular complexity index is 342. The van der Waals surface area contributed by atoms with Crippen LogP contribution in [0.15, 0.2) is 0 Å². The summed E-state index contributed by atoms with van der Waals surface area (Å²) in [4.78, 5) is 23.7. The van der Waals surface area contributed by atoms with Gasteiger partial charge in [0.05, 0.1) is 6.61 Å². The Labute approximate surface area is 108 Å². The van der Waals surface area contributed by atoms with E-state index >= 15 is 0 Å². The lowest BCUT2D eigenvalue weighted by molar-refractivity contribution is -0.149. The van der Waals surface area contributed by atoms with E-state index in [9.17, 15) is 9.59 Å². The Hall–Kier alpha value is -1.06. The number of ether oxygens (including phenoxy) is 1. The van der Waals surface area contributed by atoms with E-state index in [0.717, 1.165) is 25.7 Å². The first-order valence-electron chi connectivity index (χ1n) is 7.07. The summed E-state index contributed by atoms with van der Waals surface area (Å²) in [6.45, 7) is 4.36. The first-order valence-corrected chi connectivity index (χ1v) is 7.07. The van der Waals surface area contributed by atoms with Gasteiger partial charge in [-0.1, -0.05) is 26.2 Å². The van der Waals surface area contributed by atoms with Crippen molar-refractivity contribution in [3.63, 3.8) is 0 Å². The summed E-state index contributed by atoms with van der Waals surface area (Å²) in [5, 5.41) is 2.83. The zero-order chi connectivity index (χ0) is 13.2. The maximum atomic E-state index is 12.0. The molecule has 3 atom stereocenters. The Morgan fingerprint density at radius 3 is 2.94 bits per heavy atom. The smallest absolute Gasteiger partial charge is 0.329 e. The molecule has 3 unspecified atom stereocenters. The molecule has 1 amide bonds. The van der Waals surface area contributed by atoms with Gasteiger partial charge >= 0.3 is 5.97 Å². The number of nitrogens with one attached hydrogen (secondary N) is 1. The second kappa shape index (κ2) is 5.29. The van der Waals surface area contributed by atoms with E-state index < -0.39 is 6.04 Å². The quantitative estimate of drug-likeness (QED) is 0.783. The third-order valence-corrected chi connectivity index (χ3v) is 4.51. The lowest BCUT2D eigenvalue weighted by Gasteiger charge is -2.39. The van der Waals surface area contributed by atoms with Crippen LogP contribution < -0.4 is 5.32 Å². The molecule has 1 aliphatic carbocycles. The zero-order valence-electron chi connectivity index (χ0n) is 11.3. The Balaban J connectivity index is 2.17. The van der Waals surface area contributed by atoms with Crippen LogP contribution in [0.4, 0.5) is 0 Å². The molecular weight excluding hydrogens is 230 g/mol. The third kappa shape index (κ3) is 2.38. The van der Waals surface area contributed by atoms with Gasteiger partial charge in [0.25, 0.3) is 0 Å². The molecule has 1 saturated heterocycles. The molecule has 1 N–H and O–H groups in total. The number of hydrogen-bond donors (Lipinski definition) is 1. The largest absolute Gasteiger partial charge is 0.464 e. The Morgan fingerprint density at radius 2 is 2.28 bits per heavy atom. The number of esters is 1. The van der Waals surface area contributed by atoms with Gasteiger partial charge in [-0.25, -0.2) is 4.79 Å². The SMILES string of the molecule is CCOC(=O)C1NC(=O)CC12CCCC(CC)C2. The van der Waals surface area contributed by atoms with Gasteiger partial charge in [0.1, 0.15) is 6.04 Å². The molecule has 0 aromatic rings. The first-order chi connectivity index (χ1) is 8.61. The van der Waals surface area contributed by atoms with Crippen LogP contribution in [0.2, 0.25) is 0 Å². The fourth-order valence-corrected chi connectivity index (χ4v) is 3.61. The van der Waals surface area contributed by atoms with E-state index in [4.69, 9.17) is 4.74 Å². The average Bonchev–Trinajstić information content (AvgIpc) is 2.66. The summed E-state index contributed by atoms with van der Waals surface area (Å²) < 4.78 is 5.12. The first kappa shape index (κ1) is 13.4. The molecule has 2 aliphatic rings. The molecule has 1 saturated carbocycles. The minimum absolute atomic E-state index is 0.00445. The highest BCUT2D eigenvalue weighted by Crippen LogP contribution is 2.48. The minimum atomic E-state index is -0.417. The molecule has 18 heavy (non-hydrogen) atoms. The number of hydrogen-bond acceptors (Lipinski definition) is 3. The normalized spacial score (nSPS) is 35.6. The number of amides is 1. The zero-order valence-corrected chi connectivity index (χ0v) is 11.3. The summed E-state index contributed by atoms with van der Waals surface area (Å²) in [7, 11) is 0. The molecule has 0 aromatic carbocycles. The van der Waals surface area contributed by atoms with E-state index in [1.54, 1.807) is 6.92 Å². The summed E-state index contributed by atoms with van der Waals surface area (Å²) in [6, 6.07) is -0.417. The lowest BCUT2D eigenvalue weighted by Crippen LogP contribution is -2.47. The van der Waals surface area contributed by atoms with Crippen molar-refractivity contribution >= 4 is 11.9 Å². The van der Waals surface area contributed by atoms with Crippen LogP contribution in [-0.2, 0) is 14.3 Å². The molecule has 4 nitrogen and oxygen atoms in total. The number of carbonyl (C=O) groups excluding carboxylic acids is 2. The van der Waals surface area contributed by atoms with Crippen LogP contribution >= 0.6 is 0 Å². The third-order valence-electron chi connectivity index (χ3n) is 4.51. The van der Waals surface area contributed by atoms with Gasteiger partial charge in [0.2, 0.25) is 5.91 Å². The second-order valence-electron chi connectivity index (χ2n) is 5.66. The van der Waals surface area contributed by atoms with Crippen molar-refractivity contribution in [2.24, 2.45) is 11.3 Å². The molecule has 1 aliphatic heterocycles. The number of rotatable bonds is 3. The highest BCUT2D eigenvalue weighted by atomic mass is 16.5. The average molecular weight is 253 g/mol. The second-order valence-corrected chi connectivity index (χ2v) is 5.66. The fraction of sp³-hybridized carbons (Fsp3) is 0.857. The van der Waals surface area contributed by atoms with Crippen LogP contribution in [0, 0.1) is 11.3 Å². The van der Waals surface area contributed by atoms with Gasteiger partial charge in [-0.15, -0.1) is 0 Å². The van der Waals surface area contributed by atoms with Crippen LogP contribution in [0.25, 0.3) is 0 Å². The van der Waals surface area contributed by atoms with Gasteiger partial charge in [0.15, 0.2) is 0 Å². The van der Waals surface area contributed by atoms with Crippen molar-refractivity contribution in [1.82, 2.24) is 5.32 Å². The van der Waals surface area contributed by atoms with Crippen LogP contribution in [0.5, 0.6) is 0 Å². The van der Waals surface area contributed by atoms with E-state index in [2.05, 4.69) is 12.2 Å². The van der Waals surface area contributed by atoms with Crippen LogP contribution in [0.3, 0.4) is 0 Å². The van der Waals surface area contributed by atoms with Crippen molar-refractivity contribution in [3.8, 4) is 0 Å². The van der Waals surface area contributed by atoms with E-state index in [1.807, 2.05) is 0 Å². The molecule has 102 valence electrons. The van der Waals surface area contributed by atoms with E-state index in [-0.39, 0.29) is 17.3 Å². The highest BCUT2D eigenvalue weighted by molar-refractivity contribution is 5.90. The fourth-order valence-electron chi connectivity index (χ4n) is 3.61. The summed E-state index contributed by atoms with van der Waals surface area (Å²) in [5.41, 5.74) is -0.178. The van der Waals surface area contributed by atoms with Crippen molar-refractivity contribution in [3.05, 3.63) is 0 Å². The molecular formula is C14H23NO3. The lowest BCUT2D eigenvalue weighted by atomic mass is 9.65. The van der Waals surface area contributed by atoms with Crippen molar-refractivity contribution in [2.45, 2.75) is 58.4 Å². The Kier molecular flexibility index (Phi) is 3.93. The summed E-state index contributed by atoms with van der Waals surface area (Å²) in [5.74, 6) is 0.397. The molecule has 4 heteroatoms. The standard InChI is InChI=1S/C14H23NO3/c1-3-10-6-5-7-14(8-10)9-11(16)15-12(14)13(17)18-4-2/h10,12H,3-9H2,1-2H3,(H,15,16). The molecule has 0 aromatic heterocycles. The van der Waals surface area contributed by atoms with Crippen LogP contribution in [0.1, 0.15) is 52.4 Å². The molecule has 1 spiro atoms. The van der Waals surface area contributed by atoms with Gasteiger partial charge in [-0.3, -0.25) is 4.79 Å². The predicted molar refractivity (Wildman–Crippen MR) is 67.9 cm³/mol. The van der Waals surface area contributed by atoms with Crippen molar-refractivity contribution in [2.75, 3.05) is 6.61 Å². The molecule has 0 radical (unpaired) electrons. The van der Waals surface area contributed by atoms with Gasteiger partial charge in [-0.05, 0) is 25.7 Å². The van der Waals surface area contributed by atoms with Gasteiger partial charge < -0.3 is 10.1 Å². The maximum Gasteiger partial charge on any atom is 0.329 e. The molecule has 2 fully saturated rings. The van der Waals surface area contributed by atoms with E-state index in [1.165, 1.54) is 6.42 Å². The maximum absolute atomic E-state index is 12.0. The molecule has 0 bridgehead atoms. The topological polar surface area (TPSA) is 55.4 Å². The van der Waals surface area contributed by atoms with E-state index in [0.29, 0.717) is 18.9 Å². The summed E-state index contributed by atoms with van der Waals surface area (Å²) >= 11 is 0. The van der Waals surface area contributed by atoms with Crippen molar-refractivity contribution < 1.29 is 14.3 Å². The van der Waals surface area contributed by atoms with Gasteiger partial charge in [-0.2, -0.15) is 0 Å². The molecule has 1 heterocycles. The highest BCUT2D eigenvalue weighted by Gasteiger charge is 2.52. The monoisotopic (exact) mass is 253 g/mol. The Morgan fingerprint density at radius 1 is 1.50 bits per heavy atom.